The molecule has 5 rings (SSSR count). The molecule has 5 aromatic rings. The van der Waals surface area contributed by atoms with Gasteiger partial charge in [0.2, 0.25) is 0 Å². The van der Waals surface area contributed by atoms with Crippen LogP contribution in [0, 0.1) is 0 Å². The molecule has 0 spiro atoms. The number of fused-ring (bicyclic) bond motifs is 1. The van der Waals surface area contributed by atoms with E-state index < -0.39 is 0 Å². The first-order valence-electron chi connectivity index (χ1n) is 9.17. The van der Waals surface area contributed by atoms with Crippen LogP contribution in [0.25, 0.3) is 39.2 Å². The molecule has 0 unspecified atom stereocenters. The number of rotatable bonds is 3. The first kappa shape index (κ1) is 17.0. The molecule has 0 saturated carbocycles. The second-order valence-corrected chi connectivity index (χ2v) is 7.66. The number of pyridine rings is 1. The molecule has 0 aliphatic heterocycles. The first-order chi connectivity index (χ1) is 13.8. The van der Waals surface area contributed by atoms with Gasteiger partial charge in [0.1, 0.15) is 5.65 Å². The van der Waals surface area contributed by atoms with Crippen molar-refractivity contribution in [2.45, 2.75) is 0 Å². The van der Waals surface area contributed by atoms with E-state index in [0.29, 0.717) is 0 Å². The van der Waals surface area contributed by atoms with Crippen LogP contribution in [0.2, 0.25) is 0 Å². The summed E-state index contributed by atoms with van der Waals surface area (Å²) in [6.45, 7) is 0. The minimum atomic E-state index is 0.959. The summed E-state index contributed by atoms with van der Waals surface area (Å²) in [6, 6.07) is 31.4. The Hall–Kier alpha value is -3.17. The molecule has 0 atom stereocenters. The number of halogens is 1. The van der Waals surface area contributed by atoms with Gasteiger partial charge in [0.25, 0.3) is 0 Å². The van der Waals surface area contributed by atoms with E-state index in [2.05, 4.69) is 99.5 Å². The van der Waals surface area contributed by atoms with Crippen LogP contribution >= 0.6 is 15.9 Å². The van der Waals surface area contributed by atoms with Crippen molar-refractivity contribution in [2.75, 3.05) is 0 Å². The van der Waals surface area contributed by atoms with E-state index in [-0.39, 0.29) is 0 Å². The Kier molecular flexibility index (Phi) is 4.30. The lowest BCUT2D eigenvalue weighted by atomic mass is 10.0. The Labute approximate surface area is 172 Å². The third kappa shape index (κ3) is 3.14. The van der Waals surface area contributed by atoms with Crippen molar-refractivity contribution < 1.29 is 0 Å². The standard InChI is InChI=1S/C25H17BrN2/c26-22-13-7-12-20(14-22)24-17-28-16-21(18-8-3-1-4-9-18)15-23(25(28)27-24)19-10-5-2-6-11-19/h1-17H. The van der Waals surface area contributed by atoms with Crippen molar-refractivity contribution in [1.82, 2.24) is 9.38 Å². The molecule has 0 amide bonds. The molecule has 0 bridgehead atoms. The lowest BCUT2D eigenvalue weighted by molar-refractivity contribution is 1.19. The average Bonchev–Trinajstić information content (AvgIpc) is 3.19. The largest absolute Gasteiger partial charge is 0.305 e. The Morgan fingerprint density at radius 2 is 1.29 bits per heavy atom. The van der Waals surface area contributed by atoms with Crippen molar-refractivity contribution in [3.63, 3.8) is 0 Å². The van der Waals surface area contributed by atoms with Crippen LogP contribution in [0.5, 0.6) is 0 Å². The number of benzene rings is 3. The fraction of sp³-hybridized carbons (Fsp3) is 0. The van der Waals surface area contributed by atoms with Crippen molar-refractivity contribution >= 4 is 21.6 Å². The van der Waals surface area contributed by atoms with Gasteiger partial charge < -0.3 is 4.40 Å². The molecule has 0 aliphatic carbocycles. The van der Waals surface area contributed by atoms with Gasteiger partial charge in [-0.25, -0.2) is 4.98 Å². The Morgan fingerprint density at radius 3 is 2.00 bits per heavy atom. The lowest BCUT2D eigenvalue weighted by Crippen LogP contribution is -1.90. The fourth-order valence-corrected chi connectivity index (χ4v) is 3.90. The molecular formula is C25H17BrN2. The van der Waals surface area contributed by atoms with Crippen LogP contribution in [0.3, 0.4) is 0 Å². The minimum Gasteiger partial charge on any atom is -0.305 e. The third-order valence-electron chi connectivity index (χ3n) is 4.86. The van der Waals surface area contributed by atoms with E-state index in [4.69, 9.17) is 4.98 Å². The number of nitrogens with zero attached hydrogens (tertiary/aromatic N) is 2. The molecule has 28 heavy (non-hydrogen) atoms. The minimum absolute atomic E-state index is 0.959. The summed E-state index contributed by atoms with van der Waals surface area (Å²) in [6.07, 6.45) is 4.27. The summed E-state index contributed by atoms with van der Waals surface area (Å²) in [5.74, 6) is 0. The molecule has 0 aliphatic rings. The predicted octanol–water partition coefficient (Wildman–Crippen LogP) is 7.10. The molecule has 2 heterocycles. The number of hydrogen-bond donors (Lipinski definition) is 0. The highest BCUT2D eigenvalue weighted by molar-refractivity contribution is 9.10. The van der Waals surface area contributed by atoms with Gasteiger partial charge in [0.15, 0.2) is 0 Å². The van der Waals surface area contributed by atoms with Crippen molar-refractivity contribution in [2.24, 2.45) is 0 Å². The summed E-state index contributed by atoms with van der Waals surface area (Å²) in [7, 11) is 0. The molecule has 134 valence electrons. The second-order valence-electron chi connectivity index (χ2n) is 6.74. The lowest BCUT2D eigenvalue weighted by Gasteiger charge is -2.09. The van der Waals surface area contributed by atoms with Crippen molar-refractivity contribution in [3.8, 4) is 33.5 Å². The van der Waals surface area contributed by atoms with Crippen LogP contribution in [0.15, 0.2) is 108 Å². The monoisotopic (exact) mass is 424 g/mol. The zero-order valence-corrected chi connectivity index (χ0v) is 16.7. The molecular weight excluding hydrogens is 408 g/mol. The first-order valence-corrected chi connectivity index (χ1v) is 9.97. The molecule has 3 aromatic carbocycles. The molecule has 0 saturated heterocycles. The summed E-state index contributed by atoms with van der Waals surface area (Å²) >= 11 is 3.56. The highest BCUT2D eigenvalue weighted by Gasteiger charge is 2.12. The van der Waals surface area contributed by atoms with Gasteiger partial charge in [-0.05, 0) is 34.9 Å². The summed E-state index contributed by atoms with van der Waals surface area (Å²) < 4.78 is 3.19. The molecule has 2 aromatic heterocycles. The number of imidazole rings is 1. The SMILES string of the molecule is Brc1cccc(-c2cn3cc(-c4ccccc4)cc(-c4ccccc4)c3n2)c1. The normalized spacial score (nSPS) is 11.0. The molecule has 3 heteroatoms. The Bertz CT molecular complexity index is 1260. The zero-order valence-electron chi connectivity index (χ0n) is 15.1. The van der Waals surface area contributed by atoms with Crippen LogP contribution in [0.4, 0.5) is 0 Å². The van der Waals surface area contributed by atoms with Crippen LogP contribution in [-0.4, -0.2) is 9.38 Å². The highest BCUT2D eigenvalue weighted by atomic mass is 79.9. The van der Waals surface area contributed by atoms with E-state index in [1.54, 1.807) is 0 Å². The van der Waals surface area contributed by atoms with Gasteiger partial charge in [0, 0.05) is 28.0 Å². The fourth-order valence-electron chi connectivity index (χ4n) is 3.50. The quantitative estimate of drug-likeness (QED) is 0.301. The van der Waals surface area contributed by atoms with Gasteiger partial charge in [-0.1, -0.05) is 88.7 Å². The maximum absolute atomic E-state index is 4.98. The van der Waals surface area contributed by atoms with E-state index in [9.17, 15) is 0 Å². The van der Waals surface area contributed by atoms with E-state index in [0.717, 1.165) is 32.5 Å². The Balaban J connectivity index is 1.77. The summed E-state index contributed by atoms with van der Waals surface area (Å²) in [4.78, 5) is 4.98. The molecule has 0 fully saturated rings. The van der Waals surface area contributed by atoms with Gasteiger partial charge >= 0.3 is 0 Å². The molecule has 0 N–H and O–H groups in total. The molecule has 0 radical (unpaired) electrons. The van der Waals surface area contributed by atoms with Crippen molar-refractivity contribution in [1.29, 1.82) is 0 Å². The highest BCUT2D eigenvalue weighted by Crippen LogP contribution is 2.32. The predicted molar refractivity (Wildman–Crippen MR) is 119 cm³/mol. The number of hydrogen-bond acceptors (Lipinski definition) is 1. The third-order valence-corrected chi connectivity index (χ3v) is 5.36. The molecule has 2 nitrogen and oxygen atoms in total. The maximum Gasteiger partial charge on any atom is 0.145 e. The second kappa shape index (κ2) is 7.10. The van der Waals surface area contributed by atoms with Crippen LogP contribution in [0.1, 0.15) is 0 Å². The maximum atomic E-state index is 4.98. The van der Waals surface area contributed by atoms with Gasteiger partial charge in [-0.2, -0.15) is 0 Å². The van der Waals surface area contributed by atoms with Gasteiger partial charge in [-0.3, -0.25) is 0 Å². The van der Waals surface area contributed by atoms with E-state index in [1.807, 2.05) is 24.3 Å². The van der Waals surface area contributed by atoms with E-state index >= 15 is 0 Å². The van der Waals surface area contributed by atoms with Crippen LogP contribution < -0.4 is 0 Å². The number of aromatic nitrogens is 2. The smallest absolute Gasteiger partial charge is 0.145 e. The van der Waals surface area contributed by atoms with Gasteiger partial charge in [-0.15, -0.1) is 0 Å². The average molecular weight is 425 g/mol. The summed E-state index contributed by atoms with van der Waals surface area (Å²) in [5.41, 5.74) is 7.67. The Morgan fingerprint density at radius 1 is 0.607 bits per heavy atom. The van der Waals surface area contributed by atoms with E-state index in [1.165, 1.54) is 11.1 Å². The van der Waals surface area contributed by atoms with Crippen molar-refractivity contribution in [3.05, 3.63) is 108 Å². The summed E-state index contributed by atoms with van der Waals surface area (Å²) in [5, 5.41) is 0. The van der Waals surface area contributed by atoms with Gasteiger partial charge in [0.05, 0.1) is 5.69 Å². The van der Waals surface area contributed by atoms with Crippen LogP contribution in [-0.2, 0) is 0 Å². The topological polar surface area (TPSA) is 17.3 Å². The zero-order chi connectivity index (χ0) is 18.9.